The average Bonchev–Trinajstić information content (AvgIpc) is 2.78. The van der Waals surface area contributed by atoms with E-state index in [2.05, 4.69) is 5.32 Å². The van der Waals surface area contributed by atoms with Gasteiger partial charge in [-0.15, -0.1) is 0 Å². The van der Waals surface area contributed by atoms with Gasteiger partial charge in [0.1, 0.15) is 5.54 Å². The first-order valence-corrected chi connectivity index (χ1v) is 9.93. The summed E-state index contributed by atoms with van der Waals surface area (Å²) in [6.45, 7) is 3.79. The highest BCUT2D eigenvalue weighted by Crippen LogP contribution is 2.28. The van der Waals surface area contributed by atoms with Crippen molar-refractivity contribution in [3.8, 4) is 0 Å². The SMILES string of the molecule is CCCC1(CCC)NC(=O)N(CCS(=O)(=O)c2ccccc2)C1=O. The van der Waals surface area contributed by atoms with Gasteiger partial charge in [0.05, 0.1) is 10.6 Å². The molecule has 0 unspecified atom stereocenters. The van der Waals surface area contributed by atoms with Gasteiger partial charge in [0.2, 0.25) is 0 Å². The Labute approximate surface area is 143 Å². The number of carbonyl (C=O) groups excluding carboxylic acids is 2. The molecular formula is C17H24N2O4S. The largest absolute Gasteiger partial charge is 0.325 e. The number of rotatable bonds is 8. The van der Waals surface area contributed by atoms with Gasteiger partial charge in [0.25, 0.3) is 5.91 Å². The molecule has 1 aromatic carbocycles. The van der Waals surface area contributed by atoms with E-state index in [0.717, 1.165) is 17.7 Å². The highest BCUT2D eigenvalue weighted by molar-refractivity contribution is 7.91. The van der Waals surface area contributed by atoms with Gasteiger partial charge in [0.15, 0.2) is 9.84 Å². The number of nitrogens with zero attached hydrogens (tertiary/aromatic N) is 1. The van der Waals surface area contributed by atoms with Crippen LogP contribution in [0.15, 0.2) is 35.2 Å². The van der Waals surface area contributed by atoms with Gasteiger partial charge in [-0.2, -0.15) is 0 Å². The van der Waals surface area contributed by atoms with E-state index >= 15 is 0 Å². The van der Waals surface area contributed by atoms with Gasteiger partial charge in [-0.25, -0.2) is 13.2 Å². The van der Waals surface area contributed by atoms with Gasteiger partial charge in [-0.3, -0.25) is 9.69 Å². The Morgan fingerprint density at radius 2 is 1.62 bits per heavy atom. The second-order valence-electron chi connectivity index (χ2n) is 6.10. The number of benzene rings is 1. The Balaban J connectivity index is 2.13. The van der Waals surface area contributed by atoms with E-state index in [9.17, 15) is 18.0 Å². The Morgan fingerprint density at radius 3 is 2.17 bits per heavy atom. The van der Waals surface area contributed by atoms with Crippen LogP contribution in [0.3, 0.4) is 0 Å². The van der Waals surface area contributed by atoms with Gasteiger partial charge in [0, 0.05) is 6.54 Å². The molecule has 3 amide bonds. The third-order valence-corrected chi connectivity index (χ3v) is 6.00. The second kappa shape index (κ2) is 7.34. The second-order valence-corrected chi connectivity index (χ2v) is 8.21. The molecule has 132 valence electrons. The minimum absolute atomic E-state index is 0.128. The highest BCUT2D eigenvalue weighted by atomic mass is 32.2. The van der Waals surface area contributed by atoms with E-state index in [-0.39, 0.29) is 23.1 Å². The summed E-state index contributed by atoms with van der Waals surface area (Å²) in [6, 6.07) is 7.56. The van der Waals surface area contributed by atoms with Crippen molar-refractivity contribution >= 4 is 21.8 Å². The normalized spacial score (nSPS) is 17.2. The van der Waals surface area contributed by atoms with Crippen LogP contribution in [0.5, 0.6) is 0 Å². The molecule has 2 rings (SSSR count). The van der Waals surface area contributed by atoms with Crippen molar-refractivity contribution in [2.75, 3.05) is 12.3 Å². The fraction of sp³-hybridized carbons (Fsp3) is 0.529. The first-order valence-electron chi connectivity index (χ1n) is 8.28. The van der Waals surface area contributed by atoms with E-state index in [4.69, 9.17) is 0 Å². The monoisotopic (exact) mass is 352 g/mol. The van der Waals surface area contributed by atoms with Crippen LogP contribution in [0.25, 0.3) is 0 Å². The van der Waals surface area contributed by atoms with Crippen molar-refractivity contribution in [2.45, 2.75) is 50.0 Å². The molecule has 1 fully saturated rings. The number of imide groups is 1. The summed E-state index contributed by atoms with van der Waals surface area (Å²) >= 11 is 0. The van der Waals surface area contributed by atoms with Gasteiger partial charge in [-0.05, 0) is 25.0 Å². The minimum Gasteiger partial charge on any atom is -0.323 e. The molecule has 0 aliphatic carbocycles. The predicted molar refractivity (Wildman–Crippen MR) is 91.3 cm³/mol. The molecule has 1 aromatic rings. The van der Waals surface area contributed by atoms with Crippen LogP contribution in [-0.4, -0.2) is 43.1 Å². The molecule has 24 heavy (non-hydrogen) atoms. The summed E-state index contributed by atoms with van der Waals surface area (Å²) in [6.07, 6.45) is 2.66. The molecule has 0 spiro atoms. The molecule has 6 nitrogen and oxygen atoms in total. The van der Waals surface area contributed by atoms with E-state index < -0.39 is 21.4 Å². The summed E-state index contributed by atoms with van der Waals surface area (Å²) in [5.74, 6) is -0.579. The third-order valence-electron chi connectivity index (χ3n) is 4.29. The molecule has 1 heterocycles. The van der Waals surface area contributed by atoms with Crippen LogP contribution in [0, 0.1) is 0 Å². The molecule has 1 aliphatic heterocycles. The van der Waals surface area contributed by atoms with Gasteiger partial charge >= 0.3 is 6.03 Å². The van der Waals surface area contributed by atoms with Crippen molar-refractivity contribution in [1.29, 1.82) is 0 Å². The lowest BCUT2D eigenvalue weighted by Crippen LogP contribution is -2.47. The molecule has 1 aliphatic rings. The van der Waals surface area contributed by atoms with Gasteiger partial charge < -0.3 is 5.32 Å². The minimum atomic E-state index is -3.53. The molecule has 0 atom stereocenters. The van der Waals surface area contributed by atoms with Crippen molar-refractivity contribution in [2.24, 2.45) is 0 Å². The van der Waals surface area contributed by atoms with Gasteiger partial charge in [-0.1, -0.05) is 44.9 Å². The Hall–Kier alpha value is -1.89. The first kappa shape index (κ1) is 18.4. The molecule has 0 bridgehead atoms. The molecule has 0 radical (unpaired) electrons. The molecule has 7 heteroatoms. The summed E-state index contributed by atoms with van der Waals surface area (Å²) in [5.41, 5.74) is -0.878. The molecular weight excluding hydrogens is 328 g/mol. The van der Waals surface area contributed by atoms with E-state index in [1.807, 2.05) is 13.8 Å². The Morgan fingerprint density at radius 1 is 1.04 bits per heavy atom. The summed E-state index contributed by atoms with van der Waals surface area (Å²) < 4.78 is 24.7. The number of hydrogen-bond acceptors (Lipinski definition) is 4. The summed E-state index contributed by atoms with van der Waals surface area (Å²) in [4.78, 5) is 26.2. The lowest BCUT2D eigenvalue weighted by Gasteiger charge is -2.25. The third kappa shape index (κ3) is 3.61. The number of nitrogens with one attached hydrogen (secondary N) is 1. The lowest BCUT2D eigenvalue weighted by molar-refractivity contribution is -0.131. The maximum Gasteiger partial charge on any atom is 0.325 e. The highest BCUT2D eigenvalue weighted by Gasteiger charge is 2.49. The van der Waals surface area contributed by atoms with Crippen molar-refractivity contribution in [3.63, 3.8) is 0 Å². The number of urea groups is 1. The quantitative estimate of drug-likeness (QED) is 0.728. The van der Waals surface area contributed by atoms with E-state index in [1.165, 1.54) is 12.1 Å². The maximum atomic E-state index is 12.7. The number of carbonyl (C=O) groups is 2. The van der Waals surface area contributed by atoms with Crippen LogP contribution in [-0.2, 0) is 14.6 Å². The fourth-order valence-electron chi connectivity index (χ4n) is 3.15. The summed E-state index contributed by atoms with van der Waals surface area (Å²) in [5, 5.41) is 2.79. The molecule has 1 N–H and O–H groups in total. The standard InChI is InChI=1S/C17H24N2O4S/c1-3-10-17(11-4-2)15(20)19(16(21)18-17)12-13-24(22,23)14-8-6-5-7-9-14/h5-9H,3-4,10-13H2,1-2H3,(H,18,21). The van der Waals surface area contributed by atoms with Crippen molar-refractivity contribution < 1.29 is 18.0 Å². The zero-order chi connectivity index (χ0) is 17.8. The average molecular weight is 352 g/mol. The fourth-order valence-corrected chi connectivity index (χ4v) is 4.38. The topological polar surface area (TPSA) is 83.6 Å². The lowest BCUT2D eigenvalue weighted by atomic mass is 9.89. The van der Waals surface area contributed by atoms with Crippen molar-refractivity contribution in [3.05, 3.63) is 30.3 Å². The maximum absolute atomic E-state index is 12.7. The van der Waals surface area contributed by atoms with Crippen molar-refractivity contribution in [1.82, 2.24) is 10.2 Å². The van der Waals surface area contributed by atoms with Crippen LogP contribution < -0.4 is 5.32 Å². The van der Waals surface area contributed by atoms with E-state index in [0.29, 0.717) is 12.8 Å². The number of sulfone groups is 1. The molecule has 0 saturated carbocycles. The summed E-state index contributed by atoms with van der Waals surface area (Å²) in [7, 11) is -3.53. The Kier molecular flexibility index (Phi) is 5.64. The number of hydrogen-bond donors (Lipinski definition) is 1. The zero-order valence-corrected chi connectivity index (χ0v) is 14.9. The molecule has 1 saturated heterocycles. The first-order chi connectivity index (χ1) is 11.4. The smallest absolute Gasteiger partial charge is 0.323 e. The van der Waals surface area contributed by atoms with Crippen LogP contribution >= 0.6 is 0 Å². The Bertz CT molecular complexity index is 695. The van der Waals surface area contributed by atoms with Crippen LogP contribution in [0.2, 0.25) is 0 Å². The van der Waals surface area contributed by atoms with Crippen LogP contribution in [0.1, 0.15) is 39.5 Å². The molecule has 0 aromatic heterocycles. The van der Waals surface area contributed by atoms with E-state index in [1.54, 1.807) is 18.2 Å². The number of amides is 3. The predicted octanol–water partition coefficient (Wildman–Crippen LogP) is 2.35. The van der Waals surface area contributed by atoms with Crippen LogP contribution in [0.4, 0.5) is 4.79 Å². The zero-order valence-electron chi connectivity index (χ0n) is 14.1.